The van der Waals surface area contributed by atoms with Crippen molar-refractivity contribution in [3.63, 3.8) is 0 Å². The maximum atomic E-state index is 14.5. The molecule has 2 aliphatic heterocycles. The Morgan fingerprint density at radius 1 is 1.29 bits per heavy atom. The fourth-order valence-electron chi connectivity index (χ4n) is 3.99. The van der Waals surface area contributed by atoms with E-state index in [1.54, 1.807) is 15.6 Å². The Balaban J connectivity index is 1.21. The number of rotatable bonds is 4. The highest BCUT2D eigenvalue weighted by atomic mass is 19.1. The number of fused-ring (bicyclic) bond motifs is 2. The summed E-state index contributed by atoms with van der Waals surface area (Å²) < 4.78 is 27.5. The number of ether oxygens (including phenoxy) is 2. The molecule has 0 aliphatic carbocycles. The summed E-state index contributed by atoms with van der Waals surface area (Å²) in [4.78, 5) is 26.0. The van der Waals surface area contributed by atoms with Gasteiger partial charge in [-0.3, -0.25) is 9.59 Å². The number of benzene rings is 1. The molecule has 1 aromatic carbocycles. The number of hydrogen-bond acceptors (Lipinski definition) is 5. The molecule has 2 amide bonds. The van der Waals surface area contributed by atoms with E-state index in [1.165, 1.54) is 6.07 Å². The largest absolute Gasteiger partial charge is 0.491 e. The van der Waals surface area contributed by atoms with Crippen molar-refractivity contribution in [3.05, 3.63) is 54.1 Å². The van der Waals surface area contributed by atoms with Crippen LogP contribution in [0.4, 0.5) is 10.1 Å². The highest BCUT2D eigenvalue weighted by Crippen LogP contribution is 2.32. The van der Waals surface area contributed by atoms with Crippen molar-refractivity contribution < 1.29 is 23.5 Å². The molecule has 1 fully saturated rings. The molecule has 0 radical (unpaired) electrons. The molecule has 9 heteroatoms. The number of halogens is 1. The second-order valence-corrected chi connectivity index (χ2v) is 7.75. The minimum Gasteiger partial charge on any atom is -0.491 e. The van der Waals surface area contributed by atoms with E-state index in [0.29, 0.717) is 31.3 Å². The van der Waals surface area contributed by atoms with Crippen molar-refractivity contribution in [2.75, 3.05) is 31.6 Å². The third kappa shape index (κ3) is 3.78. The molecule has 2 aromatic heterocycles. The number of pyridine rings is 1. The lowest BCUT2D eigenvalue weighted by atomic mass is 9.97. The van der Waals surface area contributed by atoms with E-state index in [1.807, 2.05) is 24.4 Å². The Bertz CT molecular complexity index is 1150. The average molecular weight is 424 g/mol. The van der Waals surface area contributed by atoms with Gasteiger partial charge in [0, 0.05) is 25.4 Å². The summed E-state index contributed by atoms with van der Waals surface area (Å²) in [6.07, 6.45) is 5.12. The van der Waals surface area contributed by atoms with Crippen LogP contribution in [-0.2, 0) is 4.79 Å². The number of hydrogen-bond donors (Lipinski definition) is 1. The number of piperidine rings is 1. The third-order valence-electron chi connectivity index (χ3n) is 5.71. The lowest BCUT2D eigenvalue weighted by Crippen LogP contribution is -2.40. The summed E-state index contributed by atoms with van der Waals surface area (Å²) >= 11 is 0. The van der Waals surface area contributed by atoms with Gasteiger partial charge in [0.05, 0.1) is 24.1 Å². The first-order valence-electron chi connectivity index (χ1n) is 10.2. The van der Waals surface area contributed by atoms with Crippen LogP contribution in [0.15, 0.2) is 42.7 Å². The standard InChI is InChI=1S/C22H21FN4O4/c23-16-11-20-17(25-21(28)13-31-20)10-15(16)22(29)26-8-4-14(5-9-26)12-30-19-2-1-7-27-18(19)3-6-24-27/h1-3,6-7,10-11,14H,4-5,8-9,12-13H2,(H,25,28). The first kappa shape index (κ1) is 19.3. The van der Waals surface area contributed by atoms with Crippen molar-refractivity contribution in [3.8, 4) is 11.5 Å². The number of carbonyl (C=O) groups excluding carboxylic acids is 2. The molecule has 0 bridgehead atoms. The lowest BCUT2D eigenvalue weighted by Gasteiger charge is -2.32. The van der Waals surface area contributed by atoms with Gasteiger partial charge in [0.15, 0.2) is 6.61 Å². The van der Waals surface area contributed by atoms with E-state index >= 15 is 0 Å². The van der Waals surface area contributed by atoms with E-state index in [9.17, 15) is 14.0 Å². The molecule has 2 aliphatic rings. The van der Waals surface area contributed by atoms with Gasteiger partial charge in [0.2, 0.25) is 0 Å². The number of amides is 2. The van der Waals surface area contributed by atoms with Gasteiger partial charge in [-0.2, -0.15) is 5.10 Å². The second-order valence-electron chi connectivity index (χ2n) is 7.75. The molecule has 0 unspecified atom stereocenters. The van der Waals surface area contributed by atoms with Gasteiger partial charge in [-0.05, 0) is 43.0 Å². The van der Waals surface area contributed by atoms with Crippen LogP contribution in [0.25, 0.3) is 5.52 Å². The summed E-state index contributed by atoms with van der Waals surface area (Å²) in [7, 11) is 0. The topological polar surface area (TPSA) is 85.2 Å². The number of likely N-dealkylation sites (tertiary alicyclic amines) is 1. The van der Waals surface area contributed by atoms with Gasteiger partial charge in [0.1, 0.15) is 22.8 Å². The number of anilines is 1. The van der Waals surface area contributed by atoms with Gasteiger partial charge in [-0.25, -0.2) is 8.91 Å². The minimum absolute atomic E-state index is 0.0633. The summed E-state index contributed by atoms with van der Waals surface area (Å²) in [6, 6.07) is 8.20. The van der Waals surface area contributed by atoms with Crippen LogP contribution in [0.2, 0.25) is 0 Å². The second kappa shape index (κ2) is 7.90. The fraction of sp³-hybridized carbons (Fsp3) is 0.318. The molecule has 160 valence electrons. The van der Waals surface area contributed by atoms with Crippen LogP contribution in [0, 0.1) is 11.7 Å². The molecule has 1 N–H and O–H groups in total. The van der Waals surface area contributed by atoms with Gasteiger partial charge >= 0.3 is 0 Å². The van der Waals surface area contributed by atoms with Gasteiger partial charge in [0.25, 0.3) is 11.8 Å². The highest BCUT2D eigenvalue weighted by Gasteiger charge is 2.28. The van der Waals surface area contributed by atoms with Crippen molar-refractivity contribution in [2.45, 2.75) is 12.8 Å². The molecule has 0 atom stereocenters. The van der Waals surface area contributed by atoms with E-state index in [4.69, 9.17) is 9.47 Å². The maximum absolute atomic E-state index is 14.5. The van der Waals surface area contributed by atoms with Gasteiger partial charge in [-0.15, -0.1) is 0 Å². The van der Waals surface area contributed by atoms with Crippen LogP contribution in [0.1, 0.15) is 23.2 Å². The van der Waals surface area contributed by atoms with Crippen LogP contribution in [0.5, 0.6) is 11.5 Å². The quantitative estimate of drug-likeness (QED) is 0.696. The summed E-state index contributed by atoms with van der Waals surface area (Å²) in [5.41, 5.74) is 1.17. The fourth-order valence-corrected chi connectivity index (χ4v) is 3.99. The molecule has 5 rings (SSSR count). The summed E-state index contributed by atoms with van der Waals surface area (Å²) in [6.45, 7) is 1.42. The first-order chi connectivity index (χ1) is 15.1. The Labute approximate surface area is 177 Å². The van der Waals surface area contributed by atoms with Crippen molar-refractivity contribution in [2.24, 2.45) is 5.92 Å². The van der Waals surface area contributed by atoms with Crippen molar-refractivity contribution >= 4 is 23.0 Å². The smallest absolute Gasteiger partial charge is 0.262 e. The van der Waals surface area contributed by atoms with E-state index in [0.717, 1.165) is 30.2 Å². The molecule has 31 heavy (non-hydrogen) atoms. The predicted octanol–water partition coefficient (Wildman–Crippen LogP) is 2.74. The highest BCUT2D eigenvalue weighted by molar-refractivity contribution is 6.00. The lowest BCUT2D eigenvalue weighted by molar-refractivity contribution is -0.118. The van der Waals surface area contributed by atoms with Gasteiger partial charge in [-0.1, -0.05) is 0 Å². The Kier molecular flexibility index (Phi) is 4.93. The number of nitrogens with zero attached hydrogens (tertiary/aromatic N) is 3. The van der Waals surface area contributed by atoms with Crippen LogP contribution in [0.3, 0.4) is 0 Å². The first-order valence-corrected chi connectivity index (χ1v) is 10.2. The van der Waals surface area contributed by atoms with Crippen LogP contribution >= 0.6 is 0 Å². The number of aromatic nitrogens is 2. The van der Waals surface area contributed by atoms with E-state index in [-0.39, 0.29) is 29.7 Å². The van der Waals surface area contributed by atoms with E-state index in [2.05, 4.69) is 10.4 Å². The monoisotopic (exact) mass is 424 g/mol. The normalized spacial score (nSPS) is 16.5. The van der Waals surface area contributed by atoms with Gasteiger partial charge < -0.3 is 19.7 Å². The zero-order valence-electron chi connectivity index (χ0n) is 16.7. The number of carbonyl (C=O) groups is 2. The maximum Gasteiger partial charge on any atom is 0.262 e. The summed E-state index contributed by atoms with van der Waals surface area (Å²) in [5, 5.41) is 6.81. The molecular weight excluding hydrogens is 403 g/mol. The van der Waals surface area contributed by atoms with E-state index < -0.39 is 5.82 Å². The average Bonchev–Trinajstić information content (AvgIpc) is 3.27. The molecule has 8 nitrogen and oxygen atoms in total. The Morgan fingerprint density at radius 3 is 2.97 bits per heavy atom. The van der Waals surface area contributed by atoms with Crippen molar-refractivity contribution in [1.82, 2.24) is 14.5 Å². The zero-order chi connectivity index (χ0) is 21.4. The molecule has 3 aromatic rings. The molecule has 0 spiro atoms. The zero-order valence-corrected chi connectivity index (χ0v) is 16.7. The predicted molar refractivity (Wildman–Crippen MR) is 110 cm³/mol. The summed E-state index contributed by atoms with van der Waals surface area (Å²) in [5.74, 6) is -0.0578. The van der Waals surface area contributed by atoms with Crippen LogP contribution < -0.4 is 14.8 Å². The minimum atomic E-state index is -0.653. The van der Waals surface area contributed by atoms with Crippen molar-refractivity contribution in [1.29, 1.82) is 0 Å². The molecule has 4 heterocycles. The molecule has 1 saturated heterocycles. The Morgan fingerprint density at radius 2 is 2.13 bits per heavy atom. The van der Waals surface area contributed by atoms with Crippen LogP contribution in [-0.4, -0.2) is 52.6 Å². The molecular formula is C22H21FN4O4. The third-order valence-corrected chi connectivity index (χ3v) is 5.71. The number of nitrogens with one attached hydrogen (secondary N) is 1. The Hall–Kier alpha value is -3.62. The SMILES string of the molecule is O=C1COc2cc(F)c(C(=O)N3CCC(COc4cccn5nccc45)CC3)cc2N1. The molecule has 0 saturated carbocycles.